The smallest absolute Gasteiger partial charge is 0.308 e. The summed E-state index contributed by atoms with van der Waals surface area (Å²) in [6.45, 7) is 0. The molecule has 1 aromatic heterocycles. The number of anilines is 2. The first kappa shape index (κ1) is 14.1. The topological polar surface area (TPSA) is 54.0 Å². The van der Waals surface area contributed by atoms with E-state index < -0.39 is 0 Å². The van der Waals surface area contributed by atoms with Crippen LogP contribution >= 0.6 is 34.7 Å². The van der Waals surface area contributed by atoms with Crippen LogP contribution in [0.5, 0.6) is 0 Å². The van der Waals surface area contributed by atoms with E-state index in [0.29, 0.717) is 21.6 Å². The molecule has 0 bridgehead atoms. The zero-order chi connectivity index (χ0) is 14.8. The molecule has 7 heteroatoms. The maximum absolute atomic E-state index is 12.0. The minimum Gasteiger partial charge on any atom is -0.308 e. The van der Waals surface area contributed by atoms with Crippen molar-refractivity contribution in [2.24, 2.45) is 0 Å². The zero-order valence-corrected chi connectivity index (χ0v) is 12.9. The van der Waals surface area contributed by atoms with Gasteiger partial charge in [0.2, 0.25) is 0 Å². The fraction of sp³-hybridized carbons (Fsp3) is 0. The van der Waals surface area contributed by atoms with Gasteiger partial charge in [0.05, 0.1) is 4.70 Å². The highest BCUT2D eigenvalue weighted by Gasteiger charge is 2.10. The molecule has 2 N–H and O–H groups in total. The lowest BCUT2D eigenvalue weighted by Crippen LogP contribution is -2.19. The molecule has 2 amide bonds. The summed E-state index contributed by atoms with van der Waals surface area (Å²) in [4.78, 5) is 12.0. The molecule has 3 rings (SSSR count). The molecule has 0 aliphatic rings. The van der Waals surface area contributed by atoms with E-state index in [2.05, 4.69) is 15.0 Å². The molecule has 3 aromatic rings. The van der Waals surface area contributed by atoms with Crippen molar-refractivity contribution in [3.05, 3.63) is 52.5 Å². The number of nitrogens with zero attached hydrogens (tertiary/aromatic N) is 1. The third kappa shape index (κ3) is 3.26. The first-order chi connectivity index (χ1) is 10.1. The van der Waals surface area contributed by atoms with Gasteiger partial charge in [-0.3, -0.25) is 5.32 Å². The van der Waals surface area contributed by atoms with Gasteiger partial charge in [0, 0.05) is 21.1 Å². The van der Waals surface area contributed by atoms with Gasteiger partial charge in [0.25, 0.3) is 0 Å². The molecule has 0 saturated carbocycles. The lowest BCUT2D eigenvalue weighted by Gasteiger charge is -2.06. The summed E-state index contributed by atoms with van der Waals surface area (Å²) >= 11 is 13.1. The van der Waals surface area contributed by atoms with E-state index in [1.165, 1.54) is 11.5 Å². The van der Waals surface area contributed by atoms with Crippen molar-refractivity contribution in [3.63, 3.8) is 0 Å². The van der Waals surface area contributed by atoms with Gasteiger partial charge in [-0.1, -0.05) is 23.2 Å². The van der Waals surface area contributed by atoms with Crippen LogP contribution in [0.2, 0.25) is 10.0 Å². The molecule has 2 aromatic carbocycles. The number of fused-ring (bicyclic) bond motifs is 1. The van der Waals surface area contributed by atoms with E-state index >= 15 is 0 Å². The first-order valence-corrected chi connectivity index (χ1v) is 7.53. The maximum Gasteiger partial charge on any atom is 0.324 e. The van der Waals surface area contributed by atoms with Gasteiger partial charge in [-0.25, -0.2) is 4.79 Å². The number of rotatable bonds is 2. The van der Waals surface area contributed by atoms with E-state index in [4.69, 9.17) is 23.2 Å². The Kier molecular flexibility index (Phi) is 3.96. The normalized spacial score (nSPS) is 10.6. The number of amides is 2. The van der Waals surface area contributed by atoms with Gasteiger partial charge in [-0.05, 0) is 54.0 Å². The highest BCUT2D eigenvalue weighted by Crippen LogP contribution is 2.29. The Morgan fingerprint density at radius 2 is 1.71 bits per heavy atom. The first-order valence-electron chi connectivity index (χ1n) is 6.00. The lowest BCUT2D eigenvalue weighted by molar-refractivity contribution is 0.262. The molecule has 0 unspecified atom stereocenters. The third-order valence-electron chi connectivity index (χ3n) is 2.77. The number of aromatic nitrogens is 1. The molecule has 21 heavy (non-hydrogen) atoms. The Balaban J connectivity index is 1.77. The van der Waals surface area contributed by atoms with E-state index in [0.717, 1.165) is 10.1 Å². The highest BCUT2D eigenvalue weighted by molar-refractivity contribution is 7.13. The van der Waals surface area contributed by atoms with Gasteiger partial charge >= 0.3 is 6.03 Å². The predicted molar refractivity (Wildman–Crippen MR) is 88.7 cm³/mol. The van der Waals surface area contributed by atoms with Crippen LogP contribution in [-0.2, 0) is 0 Å². The predicted octanol–water partition coefficient (Wildman–Crippen LogP) is 5.25. The third-order valence-corrected chi connectivity index (χ3v) is 4.08. The van der Waals surface area contributed by atoms with Crippen LogP contribution in [0.1, 0.15) is 0 Å². The molecule has 0 saturated heterocycles. The monoisotopic (exact) mass is 337 g/mol. The second-order valence-electron chi connectivity index (χ2n) is 4.26. The number of carbonyl (C=O) groups excluding carboxylic acids is 1. The minimum absolute atomic E-state index is 0.371. The summed E-state index contributed by atoms with van der Waals surface area (Å²) in [6, 6.07) is 11.9. The molecular weight excluding hydrogens is 329 g/mol. The molecule has 1 heterocycles. The number of hydrogen-bond acceptors (Lipinski definition) is 3. The molecular formula is C14H9Cl2N3OS. The summed E-state index contributed by atoms with van der Waals surface area (Å²) in [7, 11) is 0. The summed E-state index contributed by atoms with van der Waals surface area (Å²) in [5.74, 6) is 0.490. The largest absolute Gasteiger partial charge is 0.324 e. The SMILES string of the molecule is O=C(Nc1ccc(Cl)cc1)Nc1nsc2ccc(Cl)cc12. The second-order valence-corrected chi connectivity index (χ2v) is 5.94. The fourth-order valence-corrected chi connectivity index (χ4v) is 2.82. The molecule has 4 nitrogen and oxygen atoms in total. The van der Waals surface area contributed by atoms with Crippen LogP contribution < -0.4 is 10.6 Å². The van der Waals surface area contributed by atoms with Crippen molar-refractivity contribution in [1.29, 1.82) is 0 Å². The van der Waals surface area contributed by atoms with Crippen molar-refractivity contribution in [3.8, 4) is 0 Å². The van der Waals surface area contributed by atoms with Crippen molar-refractivity contribution in [2.45, 2.75) is 0 Å². The zero-order valence-electron chi connectivity index (χ0n) is 10.6. The number of benzene rings is 2. The molecule has 0 aliphatic carbocycles. The van der Waals surface area contributed by atoms with Crippen LogP contribution in [0.3, 0.4) is 0 Å². The summed E-state index contributed by atoms with van der Waals surface area (Å²) in [5.41, 5.74) is 0.648. The van der Waals surface area contributed by atoms with Crippen molar-refractivity contribution in [1.82, 2.24) is 4.37 Å². The number of urea groups is 1. The molecule has 0 aliphatic heterocycles. The van der Waals surface area contributed by atoms with Gasteiger partial charge in [-0.15, -0.1) is 0 Å². The van der Waals surface area contributed by atoms with Gasteiger partial charge in [0.15, 0.2) is 5.82 Å². The average Bonchev–Trinajstić information content (AvgIpc) is 2.84. The summed E-state index contributed by atoms with van der Waals surface area (Å²) in [6.07, 6.45) is 0. The Morgan fingerprint density at radius 1 is 1.00 bits per heavy atom. The maximum atomic E-state index is 12.0. The van der Waals surface area contributed by atoms with Crippen LogP contribution in [-0.4, -0.2) is 10.4 Å². The number of halogens is 2. The quantitative estimate of drug-likeness (QED) is 0.671. The van der Waals surface area contributed by atoms with Crippen molar-refractivity contribution in [2.75, 3.05) is 10.6 Å². The van der Waals surface area contributed by atoms with E-state index in [9.17, 15) is 4.79 Å². The van der Waals surface area contributed by atoms with Crippen LogP contribution in [0.25, 0.3) is 10.1 Å². The summed E-state index contributed by atoms with van der Waals surface area (Å²) in [5, 5.41) is 7.45. The number of carbonyl (C=O) groups is 1. The molecule has 106 valence electrons. The van der Waals surface area contributed by atoms with Crippen molar-refractivity contribution < 1.29 is 4.79 Å². The average molecular weight is 338 g/mol. The summed E-state index contributed by atoms with van der Waals surface area (Å²) < 4.78 is 5.18. The van der Waals surface area contributed by atoms with Gasteiger partial charge in [0.1, 0.15) is 0 Å². The Labute approximate surface area is 134 Å². The van der Waals surface area contributed by atoms with E-state index in [-0.39, 0.29) is 6.03 Å². The Hall–Kier alpha value is -1.82. The van der Waals surface area contributed by atoms with Gasteiger partial charge < -0.3 is 5.32 Å². The Morgan fingerprint density at radius 3 is 2.48 bits per heavy atom. The Bertz CT molecular complexity index is 802. The molecule has 0 atom stereocenters. The number of hydrogen-bond donors (Lipinski definition) is 2. The van der Waals surface area contributed by atoms with E-state index in [1.807, 2.05) is 6.07 Å². The molecule has 0 radical (unpaired) electrons. The van der Waals surface area contributed by atoms with E-state index in [1.54, 1.807) is 36.4 Å². The van der Waals surface area contributed by atoms with Crippen molar-refractivity contribution >= 4 is 62.4 Å². The van der Waals surface area contributed by atoms with Gasteiger partial charge in [-0.2, -0.15) is 4.37 Å². The van der Waals surface area contributed by atoms with Crippen LogP contribution in [0, 0.1) is 0 Å². The van der Waals surface area contributed by atoms with Crippen LogP contribution in [0.15, 0.2) is 42.5 Å². The standard InChI is InChI=1S/C14H9Cl2N3OS/c15-8-1-4-10(5-2-8)17-14(20)18-13-11-7-9(16)3-6-12(11)21-19-13/h1-7H,(H2,17,18,19,20). The minimum atomic E-state index is -0.371. The van der Waals surface area contributed by atoms with Crippen LogP contribution in [0.4, 0.5) is 16.3 Å². The second kappa shape index (κ2) is 5.89. The lowest BCUT2D eigenvalue weighted by atomic mass is 10.2. The highest BCUT2D eigenvalue weighted by atomic mass is 35.5. The molecule has 0 spiro atoms. The fourth-order valence-electron chi connectivity index (χ4n) is 1.80. The molecule has 0 fully saturated rings. The number of nitrogens with one attached hydrogen (secondary N) is 2.